The first-order chi connectivity index (χ1) is 7.15. The molecule has 92 valence electrons. The Labute approximate surface area is 101 Å². The summed E-state index contributed by atoms with van der Waals surface area (Å²) in [6, 6.07) is 0.703. The summed E-state index contributed by atoms with van der Waals surface area (Å²) < 4.78 is 0. The van der Waals surface area contributed by atoms with Gasteiger partial charge in [0.05, 0.1) is 0 Å². The van der Waals surface area contributed by atoms with Gasteiger partial charge in [-0.05, 0) is 24.1 Å². The number of hydrogen-bond acceptors (Lipinski definition) is 2. The van der Waals surface area contributed by atoms with Crippen molar-refractivity contribution in [3.63, 3.8) is 0 Å². The molecule has 3 unspecified atom stereocenters. The Kier molecular flexibility index (Phi) is 9.73. The zero-order valence-electron chi connectivity index (χ0n) is 11.2. The van der Waals surface area contributed by atoms with Crippen molar-refractivity contribution in [3.8, 4) is 0 Å². The van der Waals surface area contributed by atoms with E-state index in [0.29, 0.717) is 6.04 Å². The Hall–Kier alpha value is 0.310. The predicted molar refractivity (Wildman–Crippen MR) is 73.7 cm³/mol. The minimum absolute atomic E-state index is 0.703. The maximum atomic E-state index is 3.60. The second-order valence-corrected chi connectivity index (χ2v) is 5.68. The highest BCUT2D eigenvalue weighted by Gasteiger charge is 2.14. The Morgan fingerprint density at radius 2 is 1.67 bits per heavy atom. The standard InChI is InChI=1S/C13H29NS/c1-6-11(4)9-15-10-13(14-8-3)12(5)7-2/h11-14H,6-10H2,1-5H3. The van der Waals surface area contributed by atoms with Crippen molar-refractivity contribution in [2.24, 2.45) is 11.8 Å². The van der Waals surface area contributed by atoms with E-state index in [-0.39, 0.29) is 0 Å². The van der Waals surface area contributed by atoms with Crippen LogP contribution in [0.5, 0.6) is 0 Å². The lowest BCUT2D eigenvalue weighted by molar-refractivity contribution is 0.403. The fourth-order valence-electron chi connectivity index (χ4n) is 1.49. The largest absolute Gasteiger partial charge is 0.313 e. The van der Waals surface area contributed by atoms with Crippen molar-refractivity contribution < 1.29 is 0 Å². The summed E-state index contributed by atoms with van der Waals surface area (Å²) in [7, 11) is 0. The molecular weight excluding hydrogens is 202 g/mol. The van der Waals surface area contributed by atoms with Gasteiger partial charge in [0, 0.05) is 11.8 Å². The fourth-order valence-corrected chi connectivity index (χ4v) is 2.96. The molecule has 0 aliphatic heterocycles. The SMILES string of the molecule is CCNC(CSCC(C)CC)C(C)CC. The van der Waals surface area contributed by atoms with Crippen LogP contribution in [0.25, 0.3) is 0 Å². The third-order valence-corrected chi connectivity index (χ3v) is 4.59. The first kappa shape index (κ1) is 15.3. The third-order valence-electron chi connectivity index (χ3n) is 3.19. The van der Waals surface area contributed by atoms with E-state index in [1.54, 1.807) is 0 Å². The molecule has 0 heterocycles. The molecule has 0 fully saturated rings. The highest BCUT2D eigenvalue weighted by Crippen LogP contribution is 2.17. The van der Waals surface area contributed by atoms with Gasteiger partial charge in [-0.1, -0.05) is 47.5 Å². The summed E-state index contributed by atoms with van der Waals surface area (Å²) in [6.45, 7) is 12.6. The van der Waals surface area contributed by atoms with E-state index in [0.717, 1.165) is 18.4 Å². The lowest BCUT2D eigenvalue weighted by atomic mass is 10.0. The van der Waals surface area contributed by atoms with Gasteiger partial charge in [-0.15, -0.1) is 0 Å². The van der Waals surface area contributed by atoms with Crippen LogP contribution in [-0.4, -0.2) is 24.1 Å². The average molecular weight is 231 g/mol. The molecule has 0 aliphatic rings. The van der Waals surface area contributed by atoms with Gasteiger partial charge in [0.2, 0.25) is 0 Å². The van der Waals surface area contributed by atoms with Crippen LogP contribution in [0.4, 0.5) is 0 Å². The quantitative estimate of drug-likeness (QED) is 0.648. The summed E-state index contributed by atoms with van der Waals surface area (Å²) >= 11 is 2.12. The van der Waals surface area contributed by atoms with E-state index in [4.69, 9.17) is 0 Å². The van der Waals surface area contributed by atoms with Gasteiger partial charge in [0.15, 0.2) is 0 Å². The molecule has 0 aromatic rings. The first-order valence-corrected chi connectivity index (χ1v) is 7.62. The van der Waals surface area contributed by atoms with Gasteiger partial charge in [0.1, 0.15) is 0 Å². The second kappa shape index (κ2) is 9.53. The monoisotopic (exact) mass is 231 g/mol. The van der Waals surface area contributed by atoms with Gasteiger partial charge in [-0.25, -0.2) is 0 Å². The van der Waals surface area contributed by atoms with E-state index in [1.807, 2.05) is 0 Å². The second-order valence-electron chi connectivity index (χ2n) is 4.60. The van der Waals surface area contributed by atoms with Crippen molar-refractivity contribution in [1.29, 1.82) is 0 Å². The number of thioether (sulfide) groups is 1. The molecule has 0 amide bonds. The van der Waals surface area contributed by atoms with Gasteiger partial charge >= 0.3 is 0 Å². The summed E-state index contributed by atoms with van der Waals surface area (Å²) in [5.41, 5.74) is 0. The molecule has 0 rings (SSSR count). The molecule has 2 heteroatoms. The Balaban J connectivity index is 3.75. The first-order valence-electron chi connectivity index (χ1n) is 6.46. The van der Waals surface area contributed by atoms with Crippen molar-refractivity contribution in [1.82, 2.24) is 5.32 Å². The maximum Gasteiger partial charge on any atom is 0.0183 e. The Morgan fingerprint density at radius 3 is 2.13 bits per heavy atom. The van der Waals surface area contributed by atoms with E-state index >= 15 is 0 Å². The minimum atomic E-state index is 0.703. The van der Waals surface area contributed by atoms with Crippen LogP contribution in [0.3, 0.4) is 0 Å². The number of rotatable bonds is 9. The molecular formula is C13H29NS. The van der Waals surface area contributed by atoms with Crippen molar-refractivity contribution in [3.05, 3.63) is 0 Å². The van der Waals surface area contributed by atoms with Gasteiger partial charge in [-0.2, -0.15) is 11.8 Å². The smallest absolute Gasteiger partial charge is 0.0183 e. The lowest BCUT2D eigenvalue weighted by Gasteiger charge is -2.24. The topological polar surface area (TPSA) is 12.0 Å². The van der Waals surface area contributed by atoms with Crippen molar-refractivity contribution in [2.75, 3.05) is 18.1 Å². The van der Waals surface area contributed by atoms with Crippen LogP contribution in [0, 0.1) is 11.8 Å². The molecule has 0 aromatic carbocycles. The molecule has 3 atom stereocenters. The van der Waals surface area contributed by atoms with Crippen LogP contribution < -0.4 is 5.32 Å². The van der Waals surface area contributed by atoms with E-state index in [1.165, 1.54) is 24.3 Å². The number of nitrogens with one attached hydrogen (secondary N) is 1. The van der Waals surface area contributed by atoms with Crippen molar-refractivity contribution in [2.45, 2.75) is 53.5 Å². The van der Waals surface area contributed by atoms with E-state index < -0.39 is 0 Å². The van der Waals surface area contributed by atoms with Crippen LogP contribution in [0.1, 0.15) is 47.5 Å². The van der Waals surface area contributed by atoms with Crippen molar-refractivity contribution >= 4 is 11.8 Å². The van der Waals surface area contributed by atoms with Crippen LogP contribution in [0.15, 0.2) is 0 Å². The molecule has 0 saturated heterocycles. The molecule has 1 nitrogen and oxygen atoms in total. The zero-order chi connectivity index (χ0) is 11.7. The zero-order valence-corrected chi connectivity index (χ0v) is 12.0. The van der Waals surface area contributed by atoms with Gasteiger partial charge in [0.25, 0.3) is 0 Å². The Bertz CT molecular complexity index is 138. The molecule has 15 heavy (non-hydrogen) atoms. The molecule has 0 saturated carbocycles. The molecule has 0 aliphatic carbocycles. The molecule has 0 spiro atoms. The maximum absolute atomic E-state index is 3.60. The highest BCUT2D eigenvalue weighted by molar-refractivity contribution is 7.99. The van der Waals surface area contributed by atoms with Gasteiger partial charge < -0.3 is 5.32 Å². The third kappa shape index (κ3) is 7.24. The highest BCUT2D eigenvalue weighted by atomic mass is 32.2. The van der Waals surface area contributed by atoms with E-state index in [2.05, 4.69) is 51.7 Å². The Morgan fingerprint density at radius 1 is 1.00 bits per heavy atom. The predicted octanol–water partition coefficient (Wildman–Crippen LogP) is 3.79. The number of hydrogen-bond donors (Lipinski definition) is 1. The molecule has 0 radical (unpaired) electrons. The summed E-state index contributed by atoms with van der Waals surface area (Å²) in [5, 5.41) is 3.60. The normalized spacial score (nSPS) is 17.4. The lowest BCUT2D eigenvalue weighted by Crippen LogP contribution is -2.37. The molecule has 0 aromatic heterocycles. The minimum Gasteiger partial charge on any atom is -0.313 e. The van der Waals surface area contributed by atoms with Crippen LogP contribution >= 0.6 is 11.8 Å². The van der Waals surface area contributed by atoms with Crippen LogP contribution in [0.2, 0.25) is 0 Å². The summed E-state index contributed by atoms with van der Waals surface area (Å²) in [6.07, 6.45) is 2.59. The fraction of sp³-hybridized carbons (Fsp3) is 1.00. The summed E-state index contributed by atoms with van der Waals surface area (Å²) in [5.74, 6) is 4.26. The molecule has 1 N–H and O–H groups in total. The van der Waals surface area contributed by atoms with Gasteiger partial charge in [-0.3, -0.25) is 0 Å². The van der Waals surface area contributed by atoms with Crippen LogP contribution in [-0.2, 0) is 0 Å². The average Bonchev–Trinajstić information content (AvgIpc) is 2.26. The molecule has 0 bridgehead atoms. The summed E-state index contributed by atoms with van der Waals surface area (Å²) in [4.78, 5) is 0. The van der Waals surface area contributed by atoms with E-state index in [9.17, 15) is 0 Å².